The van der Waals surface area contributed by atoms with Crippen molar-refractivity contribution in [3.63, 3.8) is 0 Å². The first-order chi connectivity index (χ1) is 23.8. The number of hydrogen-bond acceptors (Lipinski definition) is 3. The number of ether oxygens (including phenoxy) is 1. The Kier molecular flexibility index (Phi) is 5.84. The Bertz CT molecular complexity index is 2690. The van der Waals surface area contributed by atoms with Gasteiger partial charge in [-0.3, -0.25) is 0 Å². The standard InChI is InChI=1S/C44H27N3O/c1-2-12-28(13-3-1)41-37-18-6-9-19-38(37)45-44(46-41)29-22-24-30(25-23-29)47-39-20-10-7-16-33(39)35-26-27-36-32-15-5-4-14-31(32)34-17-8-11-21-40(34)48-43(36)42(35)47/h1-27H. The van der Waals surface area contributed by atoms with E-state index in [9.17, 15) is 0 Å². The maximum Gasteiger partial charge on any atom is 0.160 e. The molecule has 0 radical (unpaired) electrons. The van der Waals surface area contributed by atoms with E-state index in [2.05, 4.69) is 132 Å². The normalized spacial score (nSPS) is 11.9. The monoisotopic (exact) mass is 613 g/mol. The quantitative estimate of drug-likeness (QED) is 0.199. The van der Waals surface area contributed by atoms with Crippen LogP contribution in [0.4, 0.5) is 0 Å². The third kappa shape index (κ3) is 4.03. The van der Waals surface area contributed by atoms with Gasteiger partial charge in [0, 0.05) is 44.1 Å². The van der Waals surface area contributed by atoms with Crippen LogP contribution in [-0.2, 0) is 0 Å². The molecule has 10 rings (SSSR count). The number of hydrogen-bond donors (Lipinski definition) is 0. The maximum absolute atomic E-state index is 6.94. The summed E-state index contributed by atoms with van der Waals surface area (Å²) in [5, 5.41) is 3.37. The topological polar surface area (TPSA) is 39.9 Å². The van der Waals surface area contributed by atoms with E-state index in [1.165, 1.54) is 10.9 Å². The zero-order chi connectivity index (χ0) is 31.6. The fourth-order valence-corrected chi connectivity index (χ4v) is 7.23. The molecule has 2 aromatic heterocycles. The predicted molar refractivity (Wildman–Crippen MR) is 196 cm³/mol. The fourth-order valence-electron chi connectivity index (χ4n) is 7.23. The van der Waals surface area contributed by atoms with Gasteiger partial charge in [-0.25, -0.2) is 9.97 Å². The molecule has 48 heavy (non-hydrogen) atoms. The van der Waals surface area contributed by atoms with E-state index in [1.807, 2.05) is 36.4 Å². The SMILES string of the molecule is c1ccc(-c2nc(-c3ccc(-n4c5ccccc5c5ccc6c(c54)Oc4ccccc4-c4ccccc4-6)cc3)nc3ccccc23)cc1. The van der Waals surface area contributed by atoms with Crippen LogP contribution in [0.3, 0.4) is 0 Å². The van der Waals surface area contributed by atoms with Crippen LogP contribution in [-0.4, -0.2) is 14.5 Å². The molecule has 0 saturated carbocycles. The molecule has 1 aliphatic rings. The molecule has 7 aromatic carbocycles. The van der Waals surface area contributed by atoms with E-state index < -0.39 is 0 Å². The molecule has 0 aliphatic carbocycles. The molecule has 224 valence electrons. The van der Waals surface area contributed by atoms with Gasteiger partial charge >= 0.3 is 0 Å². The molecule has 4 heteroatoms. The van der Waals surface area contributed by atoms with Crippen LogP contribution in [0.1, 0.15) is 0 Å². The Morgan fingerprint density at radius 2 is 1.10 bits per heavy atom. The van der Waals surface area contributed by atoms with Crippen molar-refractivity contribution in [2.24, 2.45) is 0 Å². The molecule has 0 saturated heterocycles. The van der Waals surface area contributed by atoms with Gasteiger partial charge in [0.05, 0.1) is 22.2 Å². The van der Waals surface area contributed by atoms with E-state index >= 15 is 0 Å². The van der Waals surface area contributed by atoms with E-state index in [4.69, 9.17) is 14.7 Å². The summed E-state index contributed by atoms with van der Waals surface area (Å²) in [5.74, 6) is 2.41. The summed E-state index contributed by atoms with van der Waals surface area (Å²) in [6, 6.07) is 57.1. The maximum atomic E-state index is 6.94. The summed E-state index contributed by atoms with van der Waals surface area (Å²) >= 11 is 0. The van der Waals surface area contributed by atoms with Crippen LogP contribution >= 0.6 is 0 Å². The minimum Gasteiger partial charge on any atom is -0.454 e. The summed E-state index contributed by atoms with van der Waals surface area (Å²) in [4.78, 5) is 10.1. The highest BCUT2D eigenvalue weighted by molar-refractivity contribution is 6.14. The molecular formula is C44H27N3O. The third-order valence-corrected chi connectivity index (χ3v) is 9.43. The largest absolute Gasteiger partial charge is 0.454 e. The van der Waals surface area contributed by atoms with Crippen LogP contribution in [0.25, 0.3) is 83.3 Å². The Labute approximate surface area is 277 Å². The molecule has 0 fully saturated rings. The summed E-state index contributed by atoms with van der Waals surface area (Å²) in [6.07, 6.45) is 0. The molecule has 4 nitrogen and oxygen atoms in total. The number of benzene rings is 7. The van der Waals surface area contributed by atoms with Crippen molar-refractivity contribution >= 4 is 32.7 Å². The molecular weight excluding hydrogens is 587 g/mol. The fraction of sp³-hybridized carbons (Fsp3) is 0. The highest BCUT2D eigenvalue weighted by Gasteiger charge is 2.26. The Balaban J connectivity index is 1.19. The minimum atomic E-state index is 0.701. The van der Waals surface area contributed by atoms with Crippen molar-refractivity contribution in [1.82, 2.24) is 14.5 Å². The van der Waals surface area contributed by atoms with Crippen LogP contribution in [0.5, 0.6) is 11.5 Å². The van der Waals surface area contributed by atoms with Gasteiger partial charge in [0.15, 0.2) is 11.6 Å². The second-order valence-corrected chi connectivity index (χ2v) is 12.2. The van der Waals surface area contributed by atoms with Crippen molar-refractivity contribution in [2.45, 2.75) is 0 Å². The number of rotatable bonds is 3. The first-order valence-electron chi connectivity index (χ1n) is 16.2. The lowest BCUT2D eigenvalue weighted by atomic mass is 9.94. The van der Waals surface area contributed by atoms with Gasteiger partial charge in [-0.15, -0.1) is 0 Å². The highest BCUT2D eigenvalue weighted by atomic mass is 16.5. The lowest BCUT2D eigenvalue weighted by Crippen LogP contribution is -1.98. The zero-order valence-corrected chi connectivity index (χ0v) is 25.8. The first kappa shape index (κ1) is 26.7. The summed E-state index contributed by atoms with van der Waals surface area (Å²) < 4.78 is 9.27. The van der Waals surface area contributed by atoms with E-state index in [1.54, 1.807) is 0 Å². The average Bonchev–Trinajstić information content (AvgIpc) is 3.42. The van der Waals surface area contributed by atoms with Crippen LogP contribution in [0, 0.1) is 0 Å². The molecule has 3 heterocycles. The van der Waals surface area contributed by atoms with E-state index in [0.29, 0.717) is 5.82 Å². The van der Waals surface area contributed by atoms with Crippen molar-refractivity contribution < 1.29 is 4.74 Å². The average molecular weight is 614 g/mol. The molecule has 0 amide bonds. The van der Waals surface area contributed by atoms with Gasteiger partial charge in [0.2, 0.25) is 0 Å². The number of nitrogens with zero attached hydrogens (tertiary/aromatic N) is 3. The van der Waals surface area contributed by atoms with E-state index in [0.717, 1.165) is 78.0 Å². The smallest absolute Gasteiger partial charge is 0.160 e. The minimum absolute atomic E-state index is 0.701. The van der Waals surface area contributed by atoms with Crippen molar-refractivity contribution in [3.8, 4) is 62.1 Å². The van der Waals surface area contributed by atoms with Gasteiger partial charge in [0.1, 0.15) is 5.75 Å². The molecule has 0 bridgehead atoms. The number of aromatic nitrogens is 3. The molecule has 0 spiro atoms. The molecule has 1 aliphatic heterocycles. The lowest BCUT2D eigenvalue weighted by molar-refractivity contribution is 0.491. The summed E-state index contributed by atoms with van der Waals surface area (Å²) in [6.45, 7) is 0. The second kappa shape index (κ2) is 10.5. The van der Waals surface area contributed by atoms with Crippen molar-refractivity contribution in [3.05, 3.63) is 164 Å². The highest BCUT2D eigenvalue weighted by Crippen LogP contribution is 2.51. The van der Waals surface area contributed by atoms with Crippen molar-refractivity contribution in [2.75, 3.05) is 0 Å². The molecule has 0 unspecified atom stereocenters. The van der Waals surface area contributed by atoms with E-state index in [-0.39, 0.29) is 0 Å². The third-order valence-electron chi connectivity index (χ3n) is 9.43. The van der Waals surface area contributed by atoms with Gasteiger partial charge in [0.25, 0.3) is 0 Å². The van der Waals surface area contributed by atoms with Crippen LogP contribution < -0.4 is 4.74 Å². The van der Waals surface area contributed by atoms with Gasteiger partial charge in [-0.1, -0.05) is 115 Å². The second-order valence-electron chi connectivity index (χ2n) is 12.2. The van der Waals surface area contributed by atoms with Crippen molar-refractivity contribution in [1.29, 1.82) is 0 Å². The summed E-state index contributed by atoms with van der Waals surface area (Å²) in [5.41, 5.74) is 11.6. The predicted octanol–water partition coefficient (Wildman–Crippen LogP) is 11.5. The van der Waals surface area contributed by atoms with Gasteiger partial charge < -0.3 is 9.30 Å². The van der Waals surface area contributed by atoms with Gasteiger partial charge in [-0.2, -0.15) is 0 Å². The first-order valence-corrected chi connectivity index (χ1v) is 16.2. The Morgan fingerprint density at radius 1 is 0.438 bits per heavy atom. The molecule has 0 N–H and O–H groups in total. The molecule has 9 aromatic rings. The Morgan fingerprint density at radius 3 is 1.94 bits per heavy atom. The van der Waals surface area contributed by atoms with Gasteiger partial charge in [-0.05, 0) is 59.7 Å². The van der Waals surface area contributed by atoms with Crippen LogP contribution in [0.15, 0.2) is 164 Å². The number of para-hydroxylation sites is 3. The summed E-state index contributed by atoms with van der Waals surface area (Å²) in [7, 11) is 0. The Hall–Kier alpha value is -6.52. The lowest BCUT2D eigenvalue weighted by Gasteiger charge is -2.15. The zero-order valence-electron chi connectivity index (χ0n) is 25.8. The molecule has 0 atom stereocenters. The van der Waals surface area contributed by atoms with Crippen LogP contribution in [0.2, 0.25) is 0 Å². The number of fused-ring (bicyclic) bond motifs is 10.